The molecule has 2 rings (SSSR count). The second-order valence-electron chi connectivity index (χ2n) is 4.00. The van der Waals surface area contributed by atoms with Crippen LogP contribution in [0, 0.1) is 6.92 Å². The van der Waals surface area contributed by atoms with Crippen molar-refractivity contribution < 1.29 is 9.21 Å². The molecule has 0 saturated heterocycles. The first kappa shape index (κ1) is 13.8. The second kappa shape index (κ2) is 6.49. The molecule has 6 heteroatoms. The summed E-state index contributed by atoms with van der Waals surface area (Å²) >= 11 is 3.37. The molecule has 0 bridgehead atoms. The van der Waals surface area contributed by atoms with E-state index in [2.05, 4.69) is 31.5 Å². The topological polar surface area (TPSA) is 67.2 Å². The molecule has 0 aliphatic heterocycles. The van der Waals surface area contributed by atoms with Crippen LogP contribution < -0.4 is 10.6 Å². The van der Waals surface area contributed by atoms with Crippen molar-refractivity contribution in [1.29, 1.82) is 0 Å². The molecule has 0 spiro atoms. The number of carbonyl (C=O) groups is 1. The lowest BCUT2D eigenvalue weighted by atomic mass is 10.3. The maximum atomic E-state index is 11.7. The Kier molecular flexibility index (Phi) is 4.70. The third kappa shape index (κ3) is 4.18. The van der Waals surface area contributed by atoms with Crippen molar-refractivity contribution in [1.82, 2.24) is 10.3 Å². The molecule has 0 aliphatic carbocycles. The van der Waals surface area contributed by atoms with E-state index in [0.29, 0.717) is 12.4 Å². The molecule has 1 aromatic heterocycles. The number of hydrogen-bond donors (Lipinski definition) is 2. The molecule has 5 nitrogen and oxygen atoms in total. The molecule has 0 atom stereocenters. The largest absolute Gasteiger partial charge is 0.445 e. The number of carbonyl (C=O) groups excluding carboxylic acids is 1. The normalized spacial score (nSPS) is 10.4. The monoisotopic (exact) mass is 323 g/mol. The van der Waals surface area contributed by atoms with Crippen molar-refractivity contribution in [3.8, 4) is 0 Å². The number of anilines is 1. The zero-order chi connectivity index (χ0) is 13.7. The van der Waals surface area contributed by atoms with E-state index in [-0.39, 0.29) is 12.5 Å². The smallest absolute Gasteiger partial charge is 0.238 e. The Balaban J connectivity index is 1.77. The lowest BCUT2D eigenvalue weighted by molar-refractivity contribution is -0.115. The summed E-state index contributed by atoms with van der Waals surface area (Å²) in [6.07, 6.45) is 1.65. The number of amides is 1. The highest BCUT2D eigenvalue weighted by Crippen LogP contribution is 2.20. The highest BCUT2D eigenvalue weighted by molar-refractivity contribution is 9.10. The first-order chi connectivity index (χ1) is 9.15. The van der Waals surface area contributed by atoms with Crippen molar-refractivity contribution in [2.75, 3.05) is 11.9 Å². The number of oxazole rings is 1. The van der Waals surface area contributed by atoms with Gasteiger partial charge in [-0.25, -0.2) is 4.98 Å². The maximum absolute atomic E-state index is 11.7. The van der Waals surface area contributed by atoms with Crippen molar-refractivity contribution in [2.45, 2.75) is 13.5 Å². The summed E-state index contributed by atoms with van der Waals surface area (Å²) in [6.45, 7) is 2.45. The van der Waals surface area contributed by atoms with Gasteiger partial charge in [0.1, 0.15) is 5.76 Å². The standard InChI is InChI=1S/C13H14BrN3O2/c1-9-6-16-13(19-9)8-15-7-12(18)17-11-5-3-2-4-10(11)14/h2-6,15H,7-8H2,1H3,(H,17,18). The number of nitrogens with one attached hydrogen (secondary N) is 2. The molecule has 1 amide bonds. The van der Waals surface area contributed by atoms with Crippen LogP contribution in [0.2, 0.25) is 0 Å². The first-order valence-electron chi connectivity index (χ1n) is 5.81. The number of aromatic nitrogens is 1. The minimum absolute atomic E-state index is 0.116. The van der Waals surface area contributed by atoms with E-state index < -0.39 is 0 Å². The van der Waals surface area contributed by atoms with Gasteiger partial charge in [-0.15, -0.1) is 0 Å². The van der Waals surface area contributed by atoms with Gasteiger partial charge in [-0.1, -0.05) is 12.1 Å². The average molecular weight is 324 g/mol. The Labute approximate surface area is 119 Å². The summed E-state index contributed by atoms with van der Waals surface area (Å²) in [4.78, 5) is 15.8. The van der Waals surface area contributed by atoms with Gasteiger partial charge in [0.15, 0.2) is 0 Å². The number of hydrogen-bond acceptors (Lipinski definition) is 4. The van der Waals surface area contributed by atoms with Gasteiger partial charge in [0.05, 0.1) is 25.0 Å². The van der Waals surface area contributed by atoms with Crippen LogP contribution >= 0.6 is 15.9 Å². The van der Waals surface area contributed by atoms with E-state index in [9.17, 15) is 4.79 Å². The van der Waals surface area contributed by atoms with E-state index in [4.69, 9.17) is 4.42 Å². The molecular formula is C13H14BrN3O2. The van der Waals surface area contributed by atoms with Crippen molar-refractivity contribution in [3.63, 3.8) is 0 Å². The summed E-state index contributed by atoms with van der Waals surface area (Å²) in [6, 6.07) is 7.46. The van der Waals surface area contributed by atoms with Crippen LogP contribution in [-0.2, 0) is 11.3 Å². The lowest BCUT2D eigenvalue weighted by Gasteiger charge is -2.07. The molecule has 0 radical (unpaired) electrons. The number of benzene rings is 1. The van der Waals surface area contributed by atoms with Gasteiger partial charge in [-0.2, -0.15) is 0 Å². The van der Waals surface area contributed by atoms with Gasteiger partial charge >= 0.3 is 0 Å². The zero-order valence-electron chi connectivity index (χ0n) is 10.4. The number of rotatable bonds is 5. The highest BCUT2D eigenvalue weighted by atomic mass is 79.9. The summed E-state index contributed by atoms with van der Waals surface area (Å²) in [5, 5.41) is 5.77. The molecule has 1 aromatic carbocycles. The number of nitrogens with zero attached hydrogens (tertiary/aromatic N) is 1. The molecule has 100 valence electrons. The highest BCUT2D eigenvalue weighted by Gasteiger charge is 2.05. The van der Waals surface area contributed by atoms with Gasteiger partial charge in [0.2, 0.25) is 11.8 Å². The predicted molar refractivity (Wildman–Crippen MR) is 75.7 cm³/mol. The molecule has 2 aromatic rings. The molecule has 1 heterocycles. The Morgan fingerprint density at radius 1 is 1.42 bits per heavy atom. The van der Waals surface area contributed by atoms with Crippen LogP contribution in [0.4, 0.5) is 5.69 Å². The Morgan fingerprint density at radius 2 is 2.21 bits per heavy atom. The van der Waals surface area contributed by atoms with Gasteiger partial charge in [-0.3, -0.25) is 10.1 Å². The summed E-state index contributed by atoms with van der Waals surface area (Å²) in [5.41, 5.74) is 0.751. The molecule has 0 unspecified atom stereocenters. The van der Waals surface area contributed by atoms with Crippen LogP contribution in [0.5, 0.6) is 0 Å². The lowest BCUT2D eigenvalue weighted by Crippen LogP contribution is -2.27. The number of aryl methyl sites for hydroxylation is 1. The summed E-state index contributed by atoms with van der Waals surface area (Å²) in [5.74, 6) is 1.22. The van der Waals surface area contributed by atoms with Crippen LogP contribution in [0.25, 0.3) is 0 Å². The van der Waals surface area contributed by atoms with Crippen LogP contribution in [-0.4, -0.2) is 17.4 Å². The van der Waals surface area contributed by atoms with Crippen molar-refractivity contribution in [3.05, 3.63) is 46.6 Å². The summed E-state index contributed by atoms with van der Waals surface area (Å²) < 4.78 is 6.14. The van der Waals surface area contributed by atoms with E-state index in [1.807, 2.05) is 31.2 Å². The van der Waals surface area contributed by atoms with Crippen LogP contribution in [0.1, 0.15) is 11.7 Å². The third-order valence-electron chi connectivity index (χ3n) is 2.38. The predicted octanol–water partition coefficient (Wildman–Crippen LogP) is 2.47. The average Bonchev–Trinajstić information content (AvgIpc) is 2.78. The Morgan fingerprint density at radius 3 is 2.89 bits per heavy atom. The van der Waals surface area contributed by atoms with Crippen LogP contribution in [0.15, 0.2) is 39.4 Å². The van der Waals surface area contributed by atoms with E-state index in [1.54, 1.807) is 6.20 Å². The minimum atomic E-state index is -0.116. The zero-order valence-corrected chi connectivity index (χ0v) is 12.0. The van der Waals surface area contributed by atoms with E-state index >= 15 is 0 Å². The fraction of sp³-hybridized carbons (Fsp3) is 0.231. The molecule has 19 heavy (non-hydrogen) atoms. The SMILES string of the molecule is Cc1cnc(CNCC(=O)Nc2ccccc2Br)o1. The molecule has 0 saturated carbocycles. The van der Waals surface area contributed by atoms with Gasteiger partial charge in [0.25, 0.3) is 0 Å². The molecule has 0 aliphatic rings. The van der Waals surface area contributed by atoms with E-state index in [1.165, 1.54) is 0 Å². The summed E-state index contributed by atoms with van der Waals surface area (Å²) in [7, 11) is 0. The van der Waals surface area contributed by atoms with Crippen molar-refractivity contribution in [2.24, 2.45) is 0 Å². The fourth-order valence-corrected chi connectivity index (χ4v) is 1.91. The molecular weight excluding hydrogens is 310 g/mol. The van der Waals surface area contributed by atoms with Crippen LogP contribution in [0.3, 0.4) is 0 Å². The van der Waals surface area contributed by atoms with Gasteiger partial charge < -0.3 is 9.73 Å². The first-order valence-corrected chi connectivity index (χ1v) is 6.61. The molecule has 0 fully saturated rings. The Bertz CT molecular complexity index is 569. The third-order valence-corrected chi connectivity index (χ3v) is 3.07. The molecule has 2 N–H and O–H groups in total. The van der Waals surface area contributed by atoms with Gasteiger partial charge in [0, 0.05) is 4.47 Å². The van der Waals surface area contributed by atoms with Gasteiger partial charge in [-0.05, 0) is 35.0 Å². The Hall–Kier alpha value is -1.66. The number of para-hydroxylation sites is 1. The number of halogens is 1. The maximum Gasteiger partial charge on any atom is 0.238 e. The fourth-order valence-electron chi connectivity index (χ4n) is 1.52. The quantitative estimate of drug-likeness (QED) is 0.887. The second-order valence-corrected chi connectivity index (χ2v) is 4.85. The van der Waals surface area contributed by atoms with Crippen molar-refractivity contribution >= 4 is 27.5 Å². The van der Waals surface area contributed by atoms with E-state index in [0.717, 1.165) is 15.9 Å². The minimum Gasteiger partial charge on any atom is -0.445 e.